The Bertz CT molecular complexity index is 466. The number of rotatable bonds is 2. The molecule has 0 heterocycles. The van der Waals surface area contributed by atoms with Crippen molar-refractivity contribution < 1.29 is 4.79 Å². The number of anilines is 1. The van der Waals surface area contributed by atoms with Crippen molar-refractivity contribution in [2.45, 2.75) is 46.1 Å². The van der Waals surface area contributed by atoms with Crippen LogP contribution in [0.1, 0.15) is 49.0 Å². The van der Waals surface area contributed by atoms with E-state index in [0.717, 1.165) is 17.5 Å². The zero-order valence-electron chi connectivity index (χ0n) is 11.4. The Morgan fingerprint density at radius 3 is 2.72 bits per heavy atom. The van der Waals surface area contributed by atoms with Gasteiger partial charge in [0.2, 0.25) is 0 Å². The highest BCUT2D eigenvalue weighted by atomic mass is 16.1. The zero-order valence-corrected chi connectivity index (χ0v) is 11.4. The van der Waals surface area contributed by atoms with Gasteiger partial charge in [0.1, 0.15) is 0 Å². The van der Waals surface area contributed by atoms with Gasteiger partial charge in [-0.2, -0.15) is 0 Å². The highest BCUT2D eigenvalue weighted by Crippen LogP contribution is 2.37. The predicted molar refractivity (Wildman–Crippen MR) is 74.5 cm³/mol. The molecule has 0 spiro atoms. The number of hydrogen-bond acceptors (Lipinski definition) is 2. The van der Waals surface area contributed by atoms with Crippen LogP contribution < -0.4 is 11.1 Å². The van der Waals surface area contributed by atoms with Gasteiger partial charge in [-0.15, -0.1) is 0 Å². The number of nitrogens with one attached hydrogen (secondary N) is 1. The molecule has 0 radical (unpaired) electrons. The van der Waals surface area contributed by atoms with Crippen LogP contribution in [0.25, 0.3) is 0 Å². The molecule has 3 heteroatoms. The smallest absolute Gasteiger partial charge is 0.251 e. The Balaban J connectivity index is 2.13. The Kier molecular flexibility index (Phi) is 3.33. The van der Waals surface area contributed by atoms with Crippen molar-refractivity contribution in [3.05, 3.63) is 29.3 Å². The minimum Gasteiger partial charge on any atom is -0.399 e. The Hall–Kier alpha value is -1.51. The highest BCUT2D eigenvalue weighted by molar-refractivity contribution is 5.96. The summed E-state index contributed by atoms with van der Waals surface area (Å²) in [6.07, 6.45) is 3.45. The van der Waals surface area contributed by atoms with E-state index in [2.05, 4.69) is 19.2 Å². The summed E-state index contributed by atoms with van der Waals surface area (Å²) in [6.45, 7) is 6.37. The fraction of sp³-hybridized carbons (Fsp3) is 0.533. The molecule has 3 N–H and O–H groups in total. The van der Waals surface area contributed by atoms with Crippen molar-refractivity contribution in [3.63, 3.8) is 0 Å². The average molecular weight is 246 g/mol. The van der Waals surface area contributed by atoms with Gasteiger partial charge >= 0.3 is 0 Å². The Morgan fingerprint density at radius 1 is 1.44 bits per heavy atom. The van der Waals surface area contributed by atoms with Crippen LogP contribution in [0.5, 0.6) is 0 Å². The van der Waals surface area contributed by atoms with Gasteiger partial charge in [-0.05, 0) is 48.9 Å². The lowest BCUT2D eigenvalue weighted by Gasteiger charge is -2.28. The number of nitrogens with two attached hydrogens (primary N) is 1. The molecular weight excluding hydrogens is 224 g/mol. The van der Waals surface area contributed by atoms with Crippen LogP contribution in [0.2, 0.25) is 0 Å². The molecule has 1 aromatic rings. The lowest BCUT2D eigenvalue weighted by atomic mass is 9.87. The first-order chi connectivity index (χ1) is 8.40. The standard InChI is InChI=1S/C15H22N2O/c1-10-9-11(16)6-7-12(10)14(18)17-13-5-4-8-15(13,2)3/h6-7,9,13H,4-5,8,16H2,1-3H3,(H,17,18). The molecule has 18 heavy (non-hydrogen) atoms. The number of benzene rings is 1. The van der Waals surface area contributed by atoms with Crippen molar-refractivity contribution >= 4 is 11.6 Å². The lowest BCUT2D eigenvalue weighted by molar-refractivity contribution is 0.0909. The third-order valence-electron chi connectivity index (χ3n) is 4.06. The summed E-state index contributed by atoms with van der Waals surface area (Å²) in [5, 5.41) is 3.17. The van der Waals surface area contributed by atoms with Crippen molar-refractivity contribution in [3.8, 4) is 0 Å². The molecule has 0 saturated heterocycles. The second-order valence-corrected chi connectivity index (χ2v) is 5.98. The van der Waals surface area contributed by atoms with Gasteiger partial charge in [0.05, 0.1) is 0 Å². The first kappa shape index (κ1) is 12.9. The van der Waals surface area contributed by atoms with Crippen LogP contribution in [0.4, 0.5) is 5.69 Å². The summed E-state index contributed by atoms with van der Waals surface area (Å²) in [7, 11) is 0. The van der Waals surface area contributed by atoms with Gasteiger partial charge in [-0.3, -0.25) is 4.79 Å². The third kappa shape index (κ3) is 2.50. The van der Waals surface area contributed by atoms with Gasteiger partial charge < -0.3 is 11.1 Å². The van der Waals surface area contributed by atoms with E-state index in [9.17, 15) is 4.79 Å². The van der Waals surface area contributed by atoms with Gasteiger partial charge in [0.15, 0.2) is 0 Å². The molecule has 0 bridgehead atoms. The summed E-state index contributed by atoms with van der Waals surface area (Å²) in [5.41, 5.74) is 8.27. The molecule has 1 aliphatic carbocycles. The van der Waals surface area contributed by atoms with Crippen molar-refractivity contribution in [2.75, 3.05) is 5.73 Å². The Labute approximate surface area is 109 Å². The molecule has 0 aliphatic heterocycles. The topological polar surface area (TPSA) is 55.1 Å². The van der Waals surface area contributed by atoms with Crippen LogP contribution in [0.15, 0.2) is 18.2 Å². The molecule has 1 amide bonds. The predicted octanol–water partition coefficient (Wildman–Crippen LogP) is 2.89. The summed E-state index contributed by atoms with van der Waals surface area (Å²) in [6, 6.07) is 5.71. The average Bonchev–Trinajstić information content (AvgIpc) is 2.58. The summed E-state index contributed by atoms with van der Waals surface area (Å²) in [4.78, 5) is 12.3. The summed E-state index contributed by atoms with van der Waals surface area (Å²) < 4.78 is 0. The molecule has 3 nitrogen and oxygen atoms in total. The highest BCUT2D eigenvalue weighted by Gasteiger charge is 2.35. The quantitative estimate of drug-likeness (QED) is 0.788. The molecule has 1 atom stereocenters. The van der Waals surface area contributed by atoms with Gasteiger partial charge in [-0.1, -0.05) is 20.3 Å². The second-order valence-electron chi connectivity index (χ2n) is 5.98. The van der Waals surface area contributed by atoms with Crippen LogP contribution in [-0.4, -0.2) is 11.9 Å². The fourth-order valence-electron chi connectivity index (χ4n) is 2.77. The summed E-state index contributed by atoms with van der Waals surface area (Å²) in [5.74, 6) is 0.0208. The minimum absolute atomic E-state index is 0.0208. The monoisotopic (exact) mass is 246 g/mol. The maximum absolute atomic E-state index is 12.3. The number of carbonyl (C=O) groups excluding carboxylic acids is 1. The zero-order chi connectivity index (χ0) is 13.3. The van der Waals surface area contributed by atoms with E-state index in [1.165, 1.54) is 12.8 Å². The minimum atomic E-state index is 0.0208. The van der Waals surface area contributed by atoms with Crippen molar-refractivity contribution in [2.24, 2.45) is 5.41 Å². The van der Waals surface area contributed by atoms with E-state index in [-0.39, 0.29) is 17.4 Å². The van der Waals surface area contributed by atoms with Crippen LogP contribution in [0.3, 0.4) is 0 Å². The van der Waals surface area contributed by atoms with Crippen LogP contribution in [0, 0.1) is 12.3 Å². The molecule has 98 valence electrons. The lowest BCUT2D eigenvalue weighted by Crippen LogP contribution is -2.41. The molecule has 2 rings (SSSR count). The van der Waals surface area contributed by atoms with E-state index >= 15 is 0 Å². The van der Waals surface area contributed by atoms with E-state index in [1.807, 2.05) is 19.1 Å². The molecule has 0 aromatic heterocycles. The first-order valence-corrected chi connectivity index (χ1v) is 6.57. The van der Waals surface area contributed by atoms with Crippen LogP contribution in [-0.2, 0) is 0 Å². The summed E-state index contributed by atoms with van der Waals surface area (Å²) >= 11 is 0. The molecule has 1 unspecified atom stereocenters. The normalized spacial score (nSPS) is 21.8. The fourth-order valence-corrected chi connectivity index (χ4v) is 2.77. The largest absolute Gasteiger partial charge is 0.399 e. The number of aryl methyl sites for hydroxylation is 1. The van der Waals surface area contributed by atoms with Gasteiger partial charge in [-0.25, -0.2) is 0 Å². The maximum atomic E-state index is 12.3. The second kappa shape index (κ2) is 4.63. The molecule has 1 fully saturated rings. The Morgan fingerprint density at radius 2 is 2.17 bits per heavy atom. The number of carbonyl (C=O) groups is 1. The number of hydrogen-bond donors (Lipinski definition) is 2. The number of nitrogen functional groups attached to an aromatic ring is 1. The van der Waals surface area contributed by atoms with E-state index in [0.29, 0.717) is 5.69 Å². The molecule has 1 saturated carbocycles. The number of amides is 1. The maximum Gasteiger partial charge on any atom is 0.251 e. The molecule has 1 aromatic carbocycles. The SMILES string of the molecule is Cc1cc(N)ccc1C(=O)NC1CCCC1(C)C. The third-order valence-corrected chi connectivity index (χ3v) is 4.06. The van der Waals surface area contributed by atoms with Gasteiger partial charge in [0, 0.05) is 17.3 Å². The van der Waals surface area contributed by atoms with Crippen molar-refractivity contribution in [1.29, 1.82) is 0 Å². The van der Waals surface area contributed by atoms with Crippen LogP contribution >= 0.6 is 0 Å². The molecule has 1 aliphatic rings. The van der Waals surface area contributed by atoms with Gasteiger partial charge in [0.25, 0.3) is 5.91 Å². The van der Waals surface area contributed by atoms with E-state index < -0.39 is 0 Å². The molecular formula is C15H22N2O. The van der Waals surface area contributed by atoms with E-state index in [1.54, 1.807) is 6.07 Å². The van der Waals surface area contributed by atoms with E-state index in [4.69, 9.17) is 5.73 Å². The van der Waals surface area contributed by atoms with Crippen molar-refractivity contribution in [1.82, 2.24) is 5.32 Å². The first-order valence-electron chi connectivity index (χ1n) is 6.57.